The van der Waals surface area contributed by atoms with Gasteiger partial charge >= 0.3 is 6.03 Å². The van der Waals surface area contributed by atoms with Gasteiger partial charge in [0.2, 0.25) is 0 Å². The Morgan fingerprint density at radius 1 is 0.922 bits per heavy atom. The maximum atomic E-state index is 14.2. The molecule has 0 aliphatic rings. The number of fused-ring (bicyclic) bond motifs is 1. The average molecular weight is 722 g/mol. The molecule has 51 heavy (non-hydrogen) atoms. The number of hydrogen-bond donors (Lipinski definition) is 5. The van der Waals surface area contributed by atoms with E-state index in [4.69, 9.17) is 16.3 Å². The number of anilines is 1. The summed E-state index contributed by atoms with van der Waals surface area (Å²) in [5.74, 6) is 0.730. The van der Waals surface area contributed by atoms with E-state index in [9.17, 15) is 14.7 Å². The minimum atomic E-state index is -0.857. The quantitative estimate of drug-likeness (QED) is 0.0695. The van der Waals surface area contributed by atoms with Gasteiger partial charge in [-0.05, 0) is 44.4 Å². The number of rotatable bonds is 17. The molecule has 2 atom stereocenters. The van der Waals surface area contributed by atoms with Gasteiger partial charge in [-0.2, -0.15) is 0 Å². The number of para-hydroxylation sites is 2. The Bertz CT molecular complexity index is 1740. The second-order valence-corrected chi connectivity index (χ2v) is 15.8. The number of aromatic nitrogens is 4. The third-order valence-corrected chi connectivity index (χ3v) is 10.1. The second-order valence-electron chi connectivity index (χ2n) is 15.4. The molecule has 2 unspecified atom stereocenters. The number of nitrogens with one attached hydrogen (secondary N) is 4. The monoisotopic (exact) mass is 721 g/mol. The van der Waals surface area contributed by atoms with Crippen molar-refractivity contribution < 1.29 is 19.4 Å². The van der Waals surface area contributed by atoms with Crippen LogP contribution in [0.5, 0.6) is 5.75 Å². The molecule has 4 rings (SSSR count). The Kier molecular flexibility index (Phi) is 13.2. The van der Waals surface area contributed by atoms with Crippen molar-refractivity contribution in [1.29, 1.82) is 0 Å². The van der Waals surface area contributed by atoms with E-state index in [0.717, 1.165) is 37.8 Å². The SMILES string of the molecule is CCCCCCCCC(Oc1ccccc1NC(=O)NCC(O)c1ccccc1)C(=O)NC(C)(C)C(C)(C)c1nnc2c(Cl)c(C(C)(C)C)[nH]n12. The molecule has 0 saturated carbocycles. The molecule has 2 aromatic heterocycles. The number of ether oxygens (including phenoxy) is 1. The molecule has 0 bridgehead atoms. The van der Waals surface area contributed by atoms with Crippen LogP contribution in [0.25, 0.3) is 5.65 Å². The van der Waals surface area contributed by atoms with Crippen LogP contribution in [0.15, 0.2) is 54.6 Å². The third-order valence-electron chi connectivity index (χ3n) is 9.77. The summed E-state index contributed by atoms with van der Waals surface area (Å²) in [6.07, 6.45) is 5.19. The lowest BCUT2D eigenvalue weighted by Gasteiger charge is -2.41. The lowest BCUT2D eigenvalue weighted by Crippen LogP contribution is -2.59. The molecule has 5 N–H and O–H groups in total. The normalized spacial score (nSPS) is 13.5. The van der Waals surface area contributed by atoms with E-state index in [-0.39, 0.29) is 17.9 Å². The van der Waals surface area contributed by atoms with Crippen molar-refractivity contribution >= 4 is 34.9 Å². The zero-order valence-corrected chi connectivity index (χ0v) is 32.2. The Balaban J connectivity index is 1.52. The maximum absolute atomic E-state index is 14.2. The maximum Gasteiger partial charge on any atom is 0.319 e. The van der Waals surface area contributed by atoms with Gasteiger partial charge in [-0.25, -0.2) is 9.31 Å². The lowest BCUT2D eigenvalue weighted by atomic mass is 9.73. The molecule has 2 aromatic carbocycles. The summed E-state index contributed by atoms with van der Waals surface area (Å²) < 4.78 is 8.26. The van der Waals surface area contributed by atoms with Crippen molar-refractivity contribution in [2.24, 2.45) is 0 Å². The Morgan fingerprint density at radius 3 is 2.25 bits per heavy atom. The van der Waals surface area contributed by atoms with Gasteiger partial charge in [0.1, 0.15) is 10.8 Å². The number of unbranched alkanes of at least 4 members (excludes halogenated alkanes) is 5. The zero-order chi connectivity index (χ0) is 37.4. The fourth-order valence-electron chi connectivity index (χ4n) is 5.86. The van der Waals surface area contributed by atoms with Gasteiger partial charge in [-0.1, -0.05) is 128 Å². The molecule has 4 aromatic rings. The summed E-state index contributed by atoms with van der Waals surface area (Å²) in [5, 5.41) is 32.2. The Hall–Kier alpha value is -4.09. The van der Waals surface area contributed by atoms with Gasteiger partial charge in [0.05, 0.1) is 17.5 Å². The van der Waals surface area contributed by atoms with Crippen molar-refractivity contribution in [3.8, 4) is 5.75 Å². The number of urea groups is 1. The van der Waals surface area contributed by atoms with Crippen LogP contribution >= 0.6 is 11.6 Å². The van der Waals surface area contributed by atoms with Gasteiger partial charge in [-0.15, -0.1) is 10.2 Å². The molecular formula is C39H56ClN7O4. The van der Waals surface area contributed by atoms with E-state index >= 15 is 0 Å². The van der Waals surface area contributed by atoms with Crippen LogP contribution in [0.4, 0.5) is 10.5 Å². The number of hydrogen-bond acceptors (Lipinski definition) is 6. The predicted octanol–water partition coefficient (Wildman–Crippen LogP) is 8.23. The molecule has 0 saturated heterocycles. The Morgan fingerprint density at radius 2 is 1.57 bits per heavy atom. The highest BCUT2D eigenvalue weighted by molar-refractivity contribution is 6.34. The zero-order valence-electron chi connectivity index (χ0n) is 31.4. The average Bonchev–Trinajstić information content (AvgIpc) is 3.66. The number of aliphatic hydroxyl groups excluding tert-OH is 1. The molecule has 0 radical (unpaired) electrons. The van der Waals surface area contributed by atoms with E-state index in [1.54, 1.807) is 36.4 Å². The van der Waals surface area contributed by atoms with Crippen LogP contribution in [0.1, 0.15) is 124 Å². The lowest BCUT2D eigenvalue weighted by molar-refractivity contribution is -0.130. The highest BCUT2D eigenvalue weighted by Gasteiger charge is 2.45. The van der Waals surface area contributed by atoms with Crippen LogP contribution in [-0.4, -0.2) is 55.0 Å². The van der Waals surface area contributed by atoms with Crippen molar-refractivity contribution in [2.75, 3.05) is 11.9 Å². The van der Waals surface area contributed by atoms with E-state index in [1.807, 2.05) is 50.4 Å². The molecule has 278 valence electrons. The number of aromatic amines is 1. The number of carbonyl (C=O) groups is 2. The predicted molar refractivity (Wildman–Crippen MR) is 204 cm³/mol. The fraction of sp³-hybridized carbons (Fsp3) is 0.538. The second kappa shape index (κ2) is 17.0. The first-order valence-corrected chi connectivity index (χ1v) is 18.4. The molecule has 0 aliphatic heterocycles. The van der Waals surface area contributed by atoms with Gasteiger partial charge in [0.25, 0.3) is 5.91 Å². The number of carbonyl (C=O) groups excluding carboxylic acids is 2. The largest absolute Gasteiger partial charge is 0.478 e. The number of H-pyrrole nitrogens is 1. The first kappa shape index (κ1) is 39.7. The van der Waals surface area contributed by atoms with Gasteiger partial charge in [-0.3, -0.25) is 9.89 Å². The topological polar surface area (TPSA) is 146 Å². The van der Waals surface area contributed by atoms with Crippen LogP contribution in [0, 0.1) is 0 Å². The number of amides is 3. The molecule has 2 heterocycles. The molecule has 0 aliphatic carbocycles. The van der Waals surface area contributed by atoms with E-state index in [0.29, 0.717) is 39.9 Å². The standard InChI is InChI=1S/C39H56ClN7O4/c1-9-10-11-12-13-17-24-30(51-29-23-19-18-22-27(29)42-36(50)41-25-28(48)26-20-15-14-16-21-26)34(49)43-39(7,8)38(5,6)35-45-44-33-31(40)32(37(2,3)4)46-47(33)35/h14-16,18-23,28,30,46,48H,9-13,17,24-25H2,1-8H3,(H,43,49)(H2,41,42,50). The third kappa shape index (κ3) is 9.83. The number of aliphatic hydroxyl groups is 1. The van der Waals surface area contributed by atoms with Gasteiger partial charge in [0, 0.05) is 22.9 Å². The number of benzene rings is 2. The van der Waals surface area contributed by atoms with Gasteiger partial charge < -0.3 is 25.8 Å². The van der Waals surface area contributed by atoms with Crippen molar-refractivity contribution in [3.05, 3.63) is 76.7 Å². The first-order chi connectivity index (χ1) is 24.1. The molecule has 3 amide bonds. The van der Waals surface area contributed by atoms with Gasteiger partial charge in [0.15, 0.2) is 17.6 Å². The summed E-state index contributed by atoms with van der Waals surface area (Å²) in [4.78, 5) is 27.1. The summed E-state index contributed by atoms with van der Waals surface area (Å²) in [6, 6.07) is 15.7. The summed E-state index contributed by atoms with van der Waals surface area (Å²) in [5.41, 5.74) is 0.751. The van der Waals surface area contributed by atoms with Crippen LogP contribution in [-0.2, 0) is 15.6 Å². The number of halogens is 1. The Labute approximate surface area is 307 Å². The van der Waals surface area contributed by atoms with Crippen LogP contribution in [0.2, 0.25) is 5.02 Å². The molecule has 0 fully saturated rings. The summed E-state index contributed by atoms with van der Waals surface area (Å²) >= 11 is 6.73. The minimum absolute atomic E-state index is 0.0252. The molecule has 12 heteroatoms. The molecule has 11 nitrogen and oxygen atoms in total. The molecule has 0 spiro atoms. The van der Waals surface area contributed by atoms with E-state index in [1.165, 1.54) is 6.42 Å². The van der Waals surface area contributed by atoms with E-state index in [2.05, 4.69) is 58.9 Å². The van der Waals surface area contributed by atoms with Crippen molar-refractivity contribution in [2.45, 2.75) is 129 Å². The fourth-order valence-corrected chi connectivity index (χ4v) is 6.31. The minimum Gasteiger partial charge on any atom is -0.478 e. The van der Waals surface area contributed by atoms with E-state index < -0.39 is 29.2 Å². The summed E-state index contributed by atoms with van der Waals surface area (Å²) in [6.45, 7) is 16.4. The van der Waals surface area contributed by atoms with Crippen molar-refractivity contribution in [3.63, 3.8) is 0 Å². The summed E-state index contributed by atoms with van der Waals surface area (Å²) in [7, 11) is 0. The highest BCUT2D eigenvalue weighted by atomic mass is 35.5. The molecular weight excluding hydrogens is 666 g/mol. The van der Waals surface area contributed by atoms with Crippen molar-refractivity contribution in [1.82, 2.24) is 30.4 Å². The van der Waals surface area contributed by atoms with Crippen LogP contribution < -0.4 is 20.7 Å². The smallest absolute Gasteiger partial charge is 0.319 e. The number of nitrogens with zero attached hydrogens (tertiary/aromatic N) is 3. The first-order valence-electron chi connectivity index (χ1n) is 18.1. The highest BCUT2D eigenvalue weighted by Crippen LogP contribution is 2.37. The van der Waals surface area contributed by atoms with Crippen LogP contribution in [0.3, 0.4) is 0 Å².